The van der Waals surface area contributed by atoms with Gasteiger partial charge in [0.05, 0.1) is 0 Å². The summed E-state index contributed by atoms with van der Waals surface area (Å²) in [6, 6.07) is 6.15. The van der Waals surface area contributed by atoms with E-state index in [2.05, 4.69) is 29.7 Å². The zero-order valence-corrected chi connectivity index (χ0v) is 9.29. The van der Waals surface area contributed by atoms with Crippen molar-refractivity contribution in [2.75, 3.05) is 0 Å². The predicted octanol–water partition coefficient (Wildman–Crippen LogP) is 3.11. The first-order valence-electron chi connectivity index (χ1n) is 5.44. The van der Waals surface area contributed by atoms with Gasteiger partial charge in [0.15, 0.2) is 0 Å². The van der Waals surface area contributed by atoms with Gasteiger partial charge in [-0.1, -0.05) is 12.5 Å². The van der Waals surface area contributed by atoms with Gasteiger partial charge in [0.25, 0.3) is 0 Å². The van der Waals surface area contributed by atoms with Crippen LogP contribution in [0.2, 0.25) is 0 Å². The molecule has 1 heterocycles. The summed E-state index contributed by atoms with van der Waals surface area (Å²) in [5, 5.41) is 0.638. The highest BCUT2D eigenvalue weighted by Gasteiger charge is 2.23. The van der Waals surface area contributed by atoms with E-state index in [1.54, 1.807) is 0 Å². The molecule has 76 valence electrons. The van der Waals surface area contributed by atoms with Crippen molar-refractivity contribution in [1.82, 2.24) is 4.98 Å². The fourth-order valence-electron chi connectivity index (χ4n) is 2.23. The summed E-state index contributed by atoms with van der Waals surface area (Å²) in [7, 11) is 0. The lowest BCUT2D eigenvalue weighted by atomic mass is 10.00. The van der Waals surface area contributed by atoms with Crippen molar-refractivity contribution < 1.29 is 0 Å². The average Bonchev–Trinajstić information content (AvgIpc) is 2.63. The summed E-state index contributed by atoms with van der Waals surface area (Å²) < 4.78 is 0. The van der Waals surface area contributed by atoms with E-state index in [0.717, 1.165) is 12.3 Å². The second kappa shape index (κ2) is 4.83. The minimum Gasteiger partial charge on any atom is -0.261 e. The first-order chi connectivity index (χ1) is 6.86. The Morgan fingerprint density at radius 1 is 1.36 bits per heavy atom. The van der Waals surface area contributed by atoms with E-state index < -0.39 is 0 Å². The van der Waals surface area contributed by atoms with Crippen LogP contribution >= 0.6 is 12.6 Å². The molecule has 1 aliphatic carbocycles. The van der Waals surface area contributed by atoms with Crippen molar-refractivity contribution in [3.63, 3.8) is 0 Å². The number of hydrogen-bond acceptors (Lipinski definition) is 2. The summed E-state index contributed by atoms with van der Waals surface area (Å²) in [6.45, 7) is 0. The van der Waals surface area contributed by atoms with Gasteiger partial charge in [-0.25, -0.2) is 0 Å². The van der Waals surface area contributed by atoms with E-state index in [4.69, 9.17) is 0 Å². The monoisotopic (exact) mass is 207 g/mol. The molecule has 1 aliphatic rings. The van der Waals surface area contributed by atoms with Crippen molar-refractivity contribution in [1.29, 1.82) is 0 Å². The Morgan fingerprint density at radius 3 is 2.93 bits per heavy atom. The smallest absolute Gasteiger partial charge is 0.0403 e. The Bertz CT molecular complexity index is 273. The molecular weight excluding hydrogens is 190 g/mol. The quantitative estimate of drug-likeness (QED) is 0.751. The molecule has 2 heteroatoms. The Morgan fingerprint density at radius 2 is 2.29 bits per heavy atom. The van der Waals surface area contributed by atoms with Crippen LogP contribution in [-0.2, 0) is 6.42 Å². The number of pyridine rings is 1. The van der Waals surface area contributed by atoms with Crippen LogP contribution in [0.3, 0.4) is 0 Å². The average molecular weight is 207 g/mol. The molecule has 1 saturated carbocycles. The Balaban J connectivity index is 1.82. The molecule has 0 bridgehead atoms. The third-order valence-corrected chi connectivity index (χ3v) is 3.80. The van der Waals surface area contributed by atoms with Crippen LogP contribution in [0.5, 0.6) is 0 Å². The summed E-state index contributed by atoms with van der Waals surface area (Å²) in [5.41, 5.74) is 1.22. The molecule has 2 unspecified atom stereocenters. The number of thiol groups is 1. The van der Waals surface area contributed by atoms with Gasteiger partial charge in [0.2, 0.25) is 0 Å². The van der Waals surface area contributed by atoms with E-state index in [1.807, 2.05) is 12.3 Å². The first kappa shape index (κ1) is 10.0. The van der Waals surface area contributed by atoms with Crippen molar-refractivity contribution in [3.8, 4) is 0 Å². The Labute approximate surface area is 91.4 Å². The minimum atomic E-state index is 0.638. The molecule has 0 N–H and O–H groups in total. The molecule has 14 heavy (non-hydrogen) atoms. The van der Waals surface area contributed by atoms with Crippen LogP contribution in [0, 0.1) is 5.92 Å². The van der Waals surface area contributed by atoms with Gasteiger partial charge < -0.3 is 0 Å². The first-order valence-corrected chi connectivity index (χ1v) is 5.96. The number of hydrogen-bond donors (Lipinski definition) is 1. The van der Waals surface area contributed by atoms with E-state index in [-0.39, 0.29) is 0 Å². The van der Waals surface area contributed by atoms with Crippen LogP contribution in [0.15, 0.2) is 24.4 Å². The molecule has 0 aliphatic heterocycles. The van der Waals surface area contributed by atoms with Crippen LogP contribution in [0.25, 0.3) is 0 Å². The summed E-state index contributed by atoms with van der Waals surface area (Å²) in [4.78, 5) is 4.34. The van der Waals surface area contributed by atoms with Gasteiger partial charge in [-0.2, -0.15) is 12.6 Å². The van der Waals surface area contributed by atoms with Crippen molar-refractivity contribution in [2.45, 2.75) is 37.4 Å². The second-order valence-corrected chi connectivity index (χ2v) is 4.78. The molecule has 0 saturated heterocycles. The van der Waals surface area contributed by atoms with Crippen molar-refractivity contribution in [2.24, 2.45) is 5.92 Å². The van der Waals surface area contributed by atoms with Gasteiger partial charge in [0, 0.05) is 17.1 Å². The molecule has 2 atom stereocenters. The topological polar surface area (TPSA) is 12.9 Å². The van der Waals surface area contributed by atoms with E-state index in [0.29, 0.717) is 5.25 Å². The molecule has 1 fully saturated rings. The van der Waals surface area contributed by atoms with Crippen LogP contribution < -0.4 is 0 Å². The fourth-order valence-corrected chi connectivity index (χ4v) is 2.71. The zero-order chi connectivity index (χ0) is 9.80. The van der Waals surface area contributed by atoms with Gasteiger partial charge in [-0.15, -0.1) is 0 Å². The number of nitrogens with zero attached hydrogens (tertiary/aromatic N) is 1. The number of aryl methyl sites for hydroxylation is 1. The molecular formula is C12H17NS. The van der Waals surface area contributed by atoms with Crippen LogP contribution in [0.1, 0.15) is 31.4 Å². The lowest BCUT2D eigenvalue weighted by molar-refractivity contribution is 0.512. The van der Waals surface area contributed by atoms with E-state index in [9.17, 15) is 0 Å². The third-order valence-electron chi connectivity index (χ3n) is 3.12. The zero-order valence-electron chi connectivity index (χ0n) is 8.39. The number of aromatic nitrogens is 1. The van der Waals surface area contributed by atoms with E-state index in [1.165, 1.54) is 31.4 Å². The maximum Gasteiger partial charge on any atom is 0.0403 e. The highest BCUT2D eigenvalue weighted by atomic mass is 32.1. The van der Waals surface area contributed by atoms with Crippen LogP contribution in [-0.4, -0.2) is 10.2 Å². The summed E-state index contributed by atoms with van der Waals surface area (Å²) in [5.74, 6) is 0.820. The second-order valence-electron chi connectivity index (χ2n) is 4.12. The van der Waals surface area contributed by atoms with Crippen molar-refractivity contribution >= 4 is 12.6 Å². The highest BCUT2D eigenvalue weighted by Crippen LogP contribution is 2.32. The SMILES string of the molecule is SC1CCCC1CCc1ccccn1. The Hall–Kier alpha value is -0.500. The summed E-state index contributed by atoms with van der Waals surface area (Å²) >= 11 is 4.61. The van der Waals surface area contributed by atoms with Crippen molar-refractivity contribution in [3.05, 3.63) is 30.1 Å². The number of rotatable bonds is 3. The van der Waals surface area contributed by atoms with Gasteiger partial charge in [0.1, 0.15) is 0 Å². The molecule has 1 aromatic heterocycles. The molecule has 0 amide bonds. The fraction of sp³-hybridized carbons (Fsp3) is 0.583. The summed E-state index contributed by atoms with van der Waals surface area (Å²) in [6.07, 6.45) is 8.27. The molecule has 0 radical (unpaired) electrons. The molecule has 0 aromatic carbocycles. The maximum absolute atomic E-state index is 4.61. The normalized spacial score (nSPS) is 26.6. The van der Waals surface area contributed by atoms with Gasteiger partial charge in [-0.3, -0.25) is 4.98 Å². The molecule has 1 aromatic rings. The molecule has 0 spiro atoms. The maximum atomic E-state index is 4.61. The standard InChI is InChI=1S/C12H17NS/c14-12-6-3-4-10(12)7-8-11-5-1-2-9-13-11/h1-2,5,9-10,12,14H,3-4,6-8H2. The minimum absolute atomic E-state index is 0.638. The molecule has 1 nitrogen and oxygen atoms in total. The lowest BCUT2D eigenvalue weighted by Crippen LogP contribution is -2.08. The highest BCUT2D eigenvalue weighted by molar-refractivity contribution is 7.81. The third kappa shape index (κ3) is 2.50. The van der Waals surface area contributed by atoms with Gasteiger partial charge in [-0.05, 0) is 43.7 Å². The van der Waals surface area contributed by atoms with Gasteiger partial charge >= 0.3 is 0 Å². The molecule has 2 rings (SSSR count). The van der Waals surface area contributed by atoms with Crippen LogP contribution in [0.4, 0.5) is 0 Å². The largest absolute Gasteiger partial charge is 0.261 e. The predicted molar refractivity (Wildman–Crippen MR) is 62.7 cm³/mol. The lowest BCUT2D eigenvalue weighted by Gasteiger charge is -2.13. The Kier molecular flexibility index (Phi) is 3.46. The van der Waals surface area contributed by atoms with E-state index >= 15 is 0 Å².